The molecule has 0 radical (unpaired) electrons. The standard InChI is InChI=1S/C15H19BrN2O3/c1-21-13(9-2-3-9)8-12(16)15(20)18-11-6-4-10(5-7-11)14(17)19/h4-7,9,12-13H,2-3,8H2,1H3,(H2,17,19)(H,18,20)/t12-,13?/m1/s1. The van der Waals surface area contributed by atoms with Gasteiger partial charge in [0.1, 0.15) is 0 Å². The minimum absolute atomic E-state index is 0.121. The van der Waals surface area contributed by atoms with Crippen molar-refractivity contribution in [2.75, 3.05) is 12.4 Å². The molecule has 0 bridgehead atoms. The molecule has 0 saturated heterocycles. The number of anilines is 1. The summed E-state index contributed by atoms with van der Waals surface area (Å²) in [6.07, 6.45) is 3.12. The summed E-state index contributed by atoms with van der Waals surface area (Å²) in [5.41, 5.74) is 6.22. The molecule has 0 heterocycles. The number of amides is 2. The fourth-order valence-corrected chi connectivity index (χ4v) is 2.68. The molecule has 5 nitrogen and oxygen atoms in total. The van der Waals surface area contributed by atoms with Crippen molar-refractivity contribution < 1.29 is 14.3 Å². The first kappa shape index (κ1) is 16.0. The van der Waals surface area contributed by atoms with Crippen LogP contribution in [0.5, 0.6) is 0 Å². The predicted molar refractivity (Wildman–Crippen MR) is 84.4 cm³/mol. The Kier molecular flexibility index (Phi) is 5.36. The third-order valence-electron chi connectivity index (χ3n) is 3.61. The van der Waals surface area contributed by atoms with Gasteiger partial charge in [0.2, 0.25) is 11.8 Å². The predicted octanol–water partition coefficient (Wildman–Crippen LogP) is 2.30. The van der Waals surface area contributed by atoms with Crippen LogP contribution in [-0.2, 0) is 9.53 Å². The molecule has 1 aromatic rings. The number of carbonyl (C=O) groups excluding carboxylic acids is 2. The average molecular weight is 355 g/mol. The number of nitrogens with two attached hydrogens (primary N) is 1. The van der Waals surface area contributed by atoms with Crippen molar-refractivity contribution in [2.24, 2.45) is 11.7 Å². The fraction of sp³-hybridized carbons (Fsp3) is 0.467. The zero-order valence-electron chi connectivity index (χ0n) is 11.8. The number of primary amides is 1. The lowest BCUT2D eigenvalue weighted by molar-refractivity contribution is -0.116. The van der Waals surface area contributed by atoms with Gasteiger partial charge in [0.05, 0.1) is 10.9 Å². The third-order valence-corrected chi connectivity index (χ3v) is 4.40. The van der Waals surface area contributed by atoms with Gasteiger partial charge in [0.15, 0.2) is 0 Å². The van der Waals surface area contributed by atoms with E-state index in [1.807, 2.05) is 0 Å². The van der Waals surface area contributed by atoms with Crippen molar-refractivity contribution in [3.8, 4) is 0 Å². The molecule has 1 aliphatic rings. The number of ether oxygens (including phenoxy) is 1. The number of halogens is 1. The highest BCUT2D eigenvalue weighted by Gasteiger charge is 2.33. The molecule has 1 aliphatic carbocycles. The van der Waals surface area contributed by atoms with E-state index >= 15 is 0 Å². The van der Waals surface area contributed by atoms with Gasteiger partial charge in [-0.05, 0) is 49.4 Å². The topological polar surface area (TPSA) is 81.4 Å². The van der Waals surface area contributed by atoms with Gasteiger partial charge < -0.3 is 15.8 Å². The van der Waals surface area contributed by atoms with E-state index in [4.69, 9.17) is 10.5 Å². The van der Waals surface area contributed by atoms with Crippen LogP contribution in [0.25, 0.3) is 0 Å². The van der Waals surface area contributed by atoms with Gasteiger partial charge in [0.25, 0.3) is 0 Å². The van der Waals surface area contributed by atoms with E-state index in [9.17, 15) is 9.59 Å². The zero-order valence-corrected chi connectivity index (χ0v) is 13.4. The first-order chi connectivity index (χ1) is 10.0. The van der Waals surface area contributed by atoms with Crippen LogP contribution in [0.4, 0.5) is 5.69 Å². The number of hydrogen-bond acceptors (Lipinski definition) is 3. The van der Waals surface area contributed by atoms with Gasteiger partial charge >= 0.3 is 0 Å². The van der Waals surface area contributed by atoms with Crippen LogP contribution in [0.2, 0.25) is 0 Å². The second-order valence-corrected chi connectivity index (χ2v) is 6.35. The lowest BCUT2D eigenvalue weighted by Crippen LogP contribution is -2.28. The minimum Gasteiger partial charge on any atom is -0.381 e. The van der Waals surface area contributed by atoms with E-state index in [2.05, 4.69) is 21.2 Å². The molecule has 3 N–H and O–H groups in total. The van der Waals surface area contributed by atoms with E-state index in [1.165, 1.54) is 12.8 Å². The molecule has 1 unspecified atom stereocenters. The molecule has 2 atom stereocenters. The van der Waals surface area contributed by atoms with Crippen LogP contribution >= 0.6 is 15.9 Å². The molecule has 0 spiro atoms. The summed E-state index contributed by atoms with van der Waals surface area (Å²) in [5.74, 6) is -0.0270. The smallest absolute Gasteiger partial charge is 0.248 e. The molecule has 0 aliphatic heterocycles. The second kappa shape index (κ2) is 7.04. The molecular weight excluding hydrogens is 336 g/mol. The van der Waals surface area contributed by atoms with Crippen molar-refractivity contribution in [2.45, 2.75) is 30.2 Å². The van der Waals surface area contributed by atoms with Crippen molar-refractivity contribution in [3.63, 3.8) is 0 Å². The second-order valence-electron chi connectivity index (χ2n) is 5.25. The Morgan fingerprint density at radius 3 is 2.48 bits per heavy atom. The molecule has 21 heavy (non-hydrogen) atoms. The Balaban J connectivity index is 1.89. The van der Waals surface area contributed by atoms with Gasteiger partial charge in [-0.25, -0.2) is 0 Å². The molecule has 1 fully saturated rings. The van der Waals surface area contributed by atoms with Gasteiger partial charge in [-0.1, -0.05) is 15.9 Å². The van der Waals surface area contributed by atoms with Crippen molar-refractivity contribution in [3.05, 3.63) is 29.8 Å². The molecular formula is C15H19BrN2O3. The number of hydrogen-bond donors (Lipinski definition) is 2. The summed E-state index contributed by atoms with van der Waals surface area (Å²) in [6, 6.07) is 6.49. The highest BCUT2D eigenvalue weighted by molar-refractivity contribution is 9.10. The number of rotatable bonds is 7. The summed E-state index contributed by atoms with van der Waals surface area (Å²) in [7, 11) is 1.68. The normalized spacial score (nSPS) is 17.0. The summed E-state index contributed by atoms with van der Waals surface area (Å²) >= 11 is 3.41. The van der Waals surface area contributed by atoms with Crippen molar-refractivity contribution in [1.29, 1.82) is 0 Å². The SMILES string of the molecule is COC(C[C@@H](Br)C(=O)Nc1ccc(C(N)=O)cc1)C1CC1. The van der Waals surface area contributed by atoms with Crippen LogP contribution in [-0.4, -0.2) is 29.9 Å². The minimum atomic E-state index is -0.487. The largest absolute Gasteiger partial charge is 0.381 e. The summed E-state index contributed by atoms with van der Waals surface area (Å²) in [6.45, 7) is 0. The molecule has 1 aromatic carbocycles. The molecule has 6 heteroatoms. The third kappa shape index (κ3) is 4.54. The van der Waals surface area contributed by atoms with Crippen LogP contribution in [0, 0.1) is 5.92 Å². The number of nitrogens with one attached hydrogen (secondary N) is 1. The summed E-state index contributed by atoms with van der Waals surface area (Å²) < 4.78 is 5.43. The van der Waals surface area contributed by atoms with Crippen molar-refractivity contribution in [1.82, 2.24) is 0 Å². The molecule has 2 rings (SSSR count). The number of alkyl halides is 1. The fourth-order valence-electron chi connectivity index (χ4n) is 2.20. The first-order valence-electron chi connectivity index (χ1n) is 6.89. The molecule has 1 saturated carbocycles. The van der Waals surface area contributed by atoms with Gasteiger partial charge in [-0.15, -0.1) is 0 Å². The van der Waals surface area contributed by atoms with Gasteiger partial charge in [-0.3, -0.25) is 9.59 Å². The lowest BCUT2D eigenvalue weighted by Gasteiger charge is -2.18. The maximum absolute atomic E-state index is 12.1. The maximum atomic E-state index is 12.1. The van der Waals surface area contributed by atoms with E-state index in [1.54, 1.807) is 31.4 Å². The van der Waals surface area contributed by atoms with Crippen LogP contribution in [0.1, 0.15) is 29.6 Å². The number of carbonyl (C=O) groups is 2. The highest BCUT2D eigenvalue weighted by atomic mass is 79.9. The molecule has 2 amide bonds. The highest BCUT2D eigenvalue weighted by Crippen LogP contribution is 2.36. The Morgan fingerprint density at radius 2 is 2.00 bits per heavy atom. The van der Waals surface area contributed by atoms with E-state index in [-0.39, 0.29) is 16.8 Å². The number of methoxy groups -OCH3 is 1. The number of benzene rings is 1. The van der Waals surface area contributed by atoms with Gasteiger partial charge in [-0.2, -0.15) is 0 Å². The Hall–Kier alpha value is -1.40. The quantitative estimate of drug-likeness (QED) is 0.737. The van der Waals surface area contributed by atoms with E-state index in [0.717, 1.165) is 0 Å². The maximum Gasteiger partial charge on any atom is 0.248 e. The first-order valence-corrected chi connectivity index (χ1v) is 7.80. The summed E-state index contributed by atoms with van der Waals surface area (Å²) in [5, 5.41) is 2.80. The van der Waals surface area contributed by atoms with Crippen LogP contribution < -0.4 is 11.1 Å². The van der Waals surface area contributed by atoms with E-state index < -0.39 is 5.91 Å². The zero-order chi connectivity index (χ0) is 15.4. The monoisotopic (exact) mass is 354 g/mol. The Labute approximate surface area is 132 Å². The Bertz CT molecular complexity index is 514. The lowest BCUT2D eigenvalue weighted by atomic mass is 10.1. The van der Waals surface area contributed by atoms with E-state index in [0.29, 0.717) is 23.6 Å². The summed E-state index contributed by atoms with van der Waals surface area (Å²) in [4.78, 5) is 22.8. The van der Waals surface area contributed by atoms with Crippen molar-refractivity contribution >= 4 is 33.4 Å². The van der Waals surface area contributed by atoms with Crippen LogP contribution in [0.15, 0.2) is 24.3 Å². The Morgan fingerprint density at radius 1 is 1.38 bits per heavy atom. The van der Waals surface area contributed by atoms with Crippen LogP contribution in [0.3, 0.4) is 0 Å². The average Bonchev–Trinajstić information content (AvgIpc) is 3.29. The van der Waals surface area contributed by atoms with Gasteiger partial charge in [0, 0.05) is 18.4 Å². The molecule has 0 aromatic heterocycles. The molecule has 114 valence electrons.